The molecule has 6 unspecified atom stereocenters. The zero-order valence-corrected chi connectivity index (χ0v) is 19.0. The van der Waals surface area contributed by atoms with Gasteiger partial charge < -0.3 is 9.47 Å². The monoisotopic (exact) mass is 428 g/mol. The van der Waals surface area contributed by atoms with Crippen LogP contribution in [-0.4, -0.2) is 26.4 Å². The molecule has 2 nitrogen and oxygen atoms in total. The first kappa shape index (κ1) is 21.7. The van der Waals surface area contributed by atoms with Crippen molar-refractivity contribution in [3.63, 3.8) is 0 Å². The molecule has 3 fully saturated rings. The highest BCUT2D eigenvalue weighted by atomic mass is 16.5. The zero-order chi connectivity index (χ0) is 21.6. The van der Waals surface area contributed by atoms with Gasteiger partial charge in [-0.05, 0) is 72.3 Å². The van der Waals surface area contributed by atoms with E-state index in [1.807, 2.05) is 0 Å². The summed E-state index contributed by atoms with van der Waals surface area (Å²) in [5.74, 6) is 5.26. The third kappa shape index (κ3) is 5.24. The highest BCUT2D eigenvalue weighted by Gasteiger charge is 2.55. The van der Waals surface area contributed by atoms with Crippen LogP contribution in [0.5, 0.6) is 0 Å². The summed E-state index contributed by atoms with van der Waals surface area (Å²) in [6, 6.07) is 20.9. The lowest BCUT2D eigenvalue weighted by Gasteiger charge is -2.31. The smallest absolute Gasteiger partial charge is 0.0650 e. The van der Waals surface area contributed by atoms with E-state index in [-0.39, 0.29) is 0 Å². The molecule has 0 aromatic heterocycles. The van der Waals surface area contributed by atoms with Crippen molar-refractivity contribution in [3.8, 4) is 0 Å². The van der Waals surface area contributed by atoms with Gasteiger partial charge in [0, 0.05) is 6.61 Å². The third-order valence-electron chi connectivity index (χ3n) is 8.04. The van der Waals surface area contributed by atoms with Crippen LogP contribution < -0.4 is 0 Å². The Kier molecular flexibility index (Phi) is 7.20. The Labute approximate surface area is 193 Å². The minimum Gasteiger partial charge on any atom is -0.377 e. The van der Waals surface area contributed by atoms with E-state index in [2.05, 4.69) is 85.0 Å². The van der Waals surface area contributed by atoms with Crippen LogP contribution in [0.25, 0.3) is 12.2 Å². The van der Waals surface area contributed by atoms with E-state index in [1.165, 1.54) is 36.8 Å². The Bertz CT molecular complexity index is 888. The van der Waals surface area contributed by atoms with Gasteiger partial charge in [-0.25, -0.2) is 0 Å². The minimum absolute atomic E-state index is 0.723. The van der Waals surface area contributed by atoms with Crippen LogP contribution in [0.15, 0.2) is 72.8 Å². The molecule has 3 aliphatic carbocycles. The first-order valence-corrected chi connectivity index (χ1v) is 12.5. The van der Waals surface area contributed by atoms with E-state index in [9.17, 15) is 0 Å². The average molecular weight is 429 g/mol. The number of benzene rings is 2. The van der Waals surface area contributed by atoms with Gasteiger partial charge in [-0.1, -0.05) is 85.0 Å². The maximum atomic E-state index is 6.08. The van der Waals surface area contributed by atoms with Crippen molar-refractivity contribution in [2.75, 3.05) is 26.4 Å². The Hall–Kier alpha value is -2.16. The van der Waals surface area contributed by atoms with Crippen molar-refractivity contribution >= 4 is 12.2 Å². The van der Waals surface area contributed by atoms with Crippen LogP contribution in [0.4, 0.5) is 0 Å². The van der Waals surface area contributed by atoms with Gasteiger partial charge >= 0.3 is 0 Å². The molecule has 2 heteroatoms. The van der Waals surface area contributed by atoms with Gasteiger partial charge in [0.2, 0.25) is 0 Å². The van der Waals surface area contributed by atoms with Gasteiger partial charge in [0.15, 0.2) is 0 Å². The summed E-state index contributed by atoms with van der Waals surface area (Å²) in [6.45, 7) is 3.32. The topological polar surface area (TPSA) is 18.5 Å². The van der Waals surface area contributed by atoms with Crippen LogP contribution in [0.2, 0.25) is 0 Å². The van der Waals surface area contributed by atoms with Gasteiger partial charge in [0.25, 0.3) is 0 Å². The minimum atomic E-state index is 0.723. The summed E-state index contributed by atoms with van der Waals surface area (Å²) in [6.07, 6.45) is 14.2. The molecular weight excluding hydrogens is 392 g/mol. The first-order valence-electron chi connectivity index (χ1n) is 12.5. The zero-order valence-electron chi connectivity index (χ0n) is 19.0. The van der Waals surface area contributed by atoms with Gasteiger partial charge in [0.1, 0.15) is 0 Å². The van der Waals surface area contributed by atoms with E-state index in [0.717, 1.165) is 61.9 Å². The van der Waals surface area contributed by atoms with Crippen molar-refractivity contribution in [2.45, 2.75) is 25.7 Å². The van der Waals surface area contributed by atoms with Crippen molar-refractivity contribution in [1.82, 2.24) is 0 Å². The Morgan fingerprint density at radius 3 is 1.88 bits per heavy atom. The van der Waals surface area contributed by atoms with Crippen LogP contribution in [0.1, 0.15) is 36.8 Å². The molecule has 6 atom stereocenters. The number of rotatable bonds is 10. The Morgan fingerprint density at radius 2 is 1.22 bits per heavy atom. The summed E-state index contributed by atoms with van der Waals surface area (Å²) in [4.78, 5) is 0. The van der Waals surface area contributed by atoms with Crippen LogP contribution in [0.3, 0.4) is 0 Å². The van der Waals surface area contributed by atoms with E-state index in [1.54, 1.807) is 0 Å². The second kappa shape index (κ2) is 10.6. The normalized spacial score (nSPS) is 31.1. The molecule has 0 aliphatic heterocycles. The molecule has 3 aliphatic rings. The molecular formula is C30H36O2. The number of fused-ring (bicyclic) bond motifs is 5. The number of hydrogen-bond acceptors (Lipinski definition) is 2. The molecule has 0 saturated heterocycles. The Balaban J connectivity index is 1.01. The van der Waals surface area contributed by atoms with Crippen LogP contribution in [-0.2, 0) is 9.47 Å². The van der Waals surface area contributed by atoms with Gasteiger partial charge in [0.05, 0.1) is 19.8 Å². The highest BCUT2D eigenvalue weighted by molar-refractivity contribution is 5.49. The lowest BCUT2D eigenvalue weighted by molar-refractivity contribution is 0.0701. The maximum Gasteiger partial charge on any atom is 0.0650 e. The predicted molar refractivity (Wildman–Crippen MR) is 132 cm³/mol. The largest absolute Gasteiger partial charge is 0.377 e. The van der Waals surface area contributed by atoms with E-state index >= 15 is 0 Å². The molecule has 3 saturated carbocycles. The summed E-state index contributed by atoms with van der Waals surface area (Å²) in [5, 5.41) is 0. The third-order valence-corrected chi connectivity index (χ3v) is 8.04. The molecule has 0 heterocycles. The average Bonchev–Trinajstić information content (AvgIpc) is 3.52. The quantitative estimate of drug-likeness (QED) is 0.390. The van der Waals surface area contributed by atoms with E-state index < -0.39 is 0 Å². The lowest BCUT2D eigenvalue weighted by atomic mass is 9.76. The molecule has 0 amide bonds. The molecule has 0 radical (unpaired) electrons. The van der Waals surface area contributed by atoms with Gasteiger partial charge in [-0.15, -0.1) is 0 Å². The summed E-state index contributed by atoms with van der Waals surface area (Å²) < 4.78 is 12.1. The lowest BCUT2D eigenvalue weighted by Crippen LogP contribution is -2.27. The van der Waals surface area contributed by atoms with Crippen molar-refractivity contribution < 1.29 is 9.47 Å². The first-order chi connectivity index (χ1) is 15.9. The number of ether oxygens (including phenoxy) is 2. The SMILES string of the molecule is C(=Cc1ccccc1)COCC1CC2C3CC(COCC=Cc4ccccc4)C(C3)C2C1. The fourth-order valence-corrected chi connectivity index (χ4v) is 6.74. The fourth-order valence-electron chi connectivity index (χ4n) is 6.74. The summed E-state index contributed by atoms with van der Waals surface area (Å²) in [7, 11) is 0. The van der Waals surface area contributed by atoms with Crippen LogP contribution in [0, 0.1) is 35.5 Å². The second-order valence-corrected chi connectivity index (χ2v) is 10.0. The molecule has 2 aromatic rings. The fraction of sp³-hybridized carbons (Fsp3) is 0.467. The molecule has 0 spiro atoms. The Morgan fingerprint density at radius 1 is 0.625 bits per heavy atom. The van der Waals surface area contributed by atoms with Crippen LogP contribution >= 0.6 is 0 Å². The highest BCUT2D eigenvalue weighted by Crippen LogP contribution is 2.62. The molecule has 168 valence electrons. The van der Waals surface area contributed by atoms with E-state index in [0.29, 0.717) is 0 Å². The molecule has 2 bridgehead atoms. The van der Waals surface area contributed by atoms with Crippen molar-refractivity contribution in [2.24, 2.45) is 35.5 Å². The van der Waals surface area contributed by atoms with Crippen molar-refractivity contribution in [3.05, 3.63) is 83.9 Å². The standard InChI is InChI=1S/C30H36O2/c1-3-9-23(10-4-1)13-7-15-31-21-25-17-28-26-19-27(29(20-26)30(28)18-25)22-32-16-8-14-24-11-5-2-6-12-24/h1-14,25-30H,15-22H2. The molecule has 32 heavy (non-hydrogen) atoms. The summed E-state index contributed by atoms with van der Waals surface area (Å²) in [5.41, 5.74) is 2.49. The molecule has 0 N–H and O–H groups in total. The summed E-state index contributed by atoms with van der Waals surface area (Å²) >= 11 is 0. The maximum absolute atomic E-state index is 6.08. The van der Waals surface area contributed by atoms with Gasteiger partial charge in [-0.3, -0.25) is 0 Å². The van der Waals surface area contributed by atoms with Gasteiger partial charge in [-0.2, -0.15) is 0 Å². The van der Waals surface area contributed by atoms with E-state index in [4.69, 9.17) is 9.47 Å². The molecule has 5 rings (SSSR count). The van der Waals surface area contributed by atoms with Crippen molar-refractivity contribution in [1.29, 1.82) is 0 Å². The predicted octanol–water partition coefficient (Wildman–Crippen LogP) is 6.74. The number of hydrogen-bond donors (Lipinski definition) is 0. The second-order valence-electron chi connectivity index (χ2n) is 10.0. The molecule has 2 aromatic carbocycles.